The van der Waals surface area contributed by atoms with Gasteiger partial charge in [0.25, 0.3) is 5.91 Å². The summed E-state index contributed by atoms with van der Waals surface area (Å²) in [5, 5.41) is 6.09. The van der Waals surface area contributed by atoms with Gasteiger partial charge in [-0.1, -0.05) is 6.92 Å². The van der Waals surface area contributed by atoms with Gasteiger partial charge in [0.15, 0.2) is 6.61 Å². The lowest BCUT2D eigenvalue weighted by molar-refractivity contribution is -0.125. The van der Waals surface area contributed by atoms with Crippen molar-refractivity contribution in [1.29, 1.82) is 0 Å². The maximum atomic E-state index is 12.2. The molecule has 1 amide bonds. The zero-order valence-electron chi connectivity index (χ0n) is 16.3. The molecule has 150 valence electrons. The van der Waals surface area contributed by atoms with Crippen molar-refractivity contribution in [3.05, 3.63) is 45.9 Å². The van der Waals surface area contributed by atoms with Crippen LogP contribution in [0.15, 0.2) is 34.5 Å². The van der Waals surface area contributed by atoms with E-state index in [1.165, 1.54) is 0 Å². The molecule has 0 aliphatic heterocycles. The van der Waals surface area contributed by atoms with E-state index in [1.807, 2.05) is 19.1 Å². The molecule has 1 N–H and O–H groups in total. The molecular formula is C21H26N2O3S2. The first-order chi connectivity index (χ1) is 13.5. The van der Waals surface area contributed by atoms with Gasteiger partial charge < -0.3 is 10.1 Å². The van der Waals surface area contributed by atoms with Crippen molar-refractivity contribution in [1.82, 2.24) is 10.3 Å². The van der Waals surface area contributed by atoms with E-state index in [4.69, 9.17) is 4.74 Å². The number of nitrogens with one attached hydrogen (secondary N) is 1. The highest BCUT2D eigenvalue weighted by Crippen LogP contribution is 2.24. The van der Waals surface area contributed by atoms with E-state index < -0.39 is 5.97 Å². The van der Waals surface area contributed by atoms with Gasteiger partial charge in [-0.2, -0.15) is 0 Å². The number of amides is 1. The maximum Gasteiger partial charge on any atom is 0.338 e. The Balaban J connectivity index is 1.40. The van der Waals surface area contributed by atoms with Crippen LogP contribution in [-0.4, -0.2) is 29.5 Å². The summed E-state index contributed by atoms with van der Waals surface area (Å²) in [6, 6.07) is 7.46. The summed E-state index contributed by atoms with van der Waals surface area (Å²) in [4.78, 5) is 29.7. The number of aromatic nitrogens is 1. The van der Waals surface area contributed by atoms with Crippen molar-refractivity contribution in [2.45, 2.75) is 56.2 Å². The third-order valence-electron chi connectivity index (χ3n) is 4.86. The molecule has 1 fully saturated rings. The molecule has 0 unspecified atom stereocenters. The smallest absolute Gasteiger partial charge is 0.338 e. The Morgan fingerprint density at radius 1 is 1.21 bits per heavy atom. The minimum absolute atomic E-state index is 0.209. The summed E-state index contributed by atoms with van der Waals surface area (Å²) in [7, 11) is 0. The second-order valence-electron chi connectivity index (χ2n) is 7.27. The number of rotatable bonds is 7. The molecule has 1 saturated carbocycles. The van der Waals surface area contributed by atoms with Crippen LogP contribution in [0.5, 0.6) is 0 Å². The van der Waals surface area contributed by atoms with Crippen LogP contribution < -0.4 is 5.32 Å². The third-order valence-corrected chi connectivity index (χ3v) is 6.73. The van der Waals surface area contributed by atoms with Crippen molar-refractivity contribution in [3.8, 4) is 0 Å². The number of thioether (sulfide) groups is 1. The molecule has 0 radical (unpaired) electrons. The Kier molecular flexibility index (Phi) is 7.50. The van der Waals surface area contributed by atoms with Gasteiger partial charge in [0.05, 0.1) is 16.3 Å². The first-order valence-corrected chi connectivity index (χ1v) is 11.5. The van der Waals surface area contributed by atoms with Crippen molar-refractivity contribution < 1.29 is 14.3 Å². The minimum Gasteiger partial charge on any atom is -0.452 e. The molecule has 1 aromatic heterocycles. The van der Waals surface area contributed by atoms with Gasteiger partial charge in [-0.15, -0.1) is 23.1 Å². The lowest BCUT2D eigenvalue weighted by Gasteiger charge is -2.26. The van der Waals surface area contributed by atoms with Crippen LogP contribution in [0.3, 0.4) is 0 Å². The quantitative estimate of drug-likeness (QED) is 0.526. The second kappa shape index (κ2) is 10.1. The maximum absolute atomic E-state index is 12.2. The Morgan fingerprint density at radius 2 is 1.93 bits per heavy atom. The van der Waals surface area contributed by atoms with Crippen molar-refractivity contribution in [2.75, 3.05) is 6.61 Å². The summed E-state index contributed by atoms with van der Waals surface area (Å²) < 4.78 is 5.16. The molecule has 28 heavy (non-hydrogen) atoms. The van der Waals surface area contributed by atoms with Gasteiger partial charge >= 0.3 is 5.97 Å². The Hall–Kier alpha value is -1.86. The second-order valence-corrected chi connectivity index (χ2v) is 9.38. The van der Waals surface area contributed by atoms with Crippen LogP contribution >= 0.6 is 23.1 Å². The fourth-order valence-corrected chi connectivity index (χ4v) is 4.72. The number of ether oxygens (including phenoxy) is 1. The fraction of sp³-hybridized carbons (Fsp3) is 0.476. The van der Waals surface area contributed by atoms with E-state index in [9.17, 15) is 9.59 Å². The highest BCUT2D eigenvalue weighted by atomic mass is 32.2. The Bertz CT molecular complexity index is 796. The lowest BCUT2D eigenvalue weighted by atomic mass is 9.87. The average Bonchev–Trinajstić information content (AvgIpc) is 3.12. The van der Waals surface area contributed by atoms with Gasteiger partial charge in [0.1, 0.15) is 0 Å². The first-order valence-electron chi connectivity index (χ1n) is 9.60. The normalized spacial score (nSPS) is 19.2. The van der Waals surface area contributed by atoms with Crippen LogP contribution in [0.4, 0.5) is 0 Å². The number of nitrogens with zero attached hydrogens (tertiary/aromatic N) is 1. The monoisotopic (exact) mass is 418 g/mol. The number of aryl methyl sites for hydroxylation is 1. The average molecular weight is 419 g/mol. The van der Waals surface area contributed by atoms with E-state index in [-0.39, 0.29) is 18.6 Å². The van der Waals surface area contributed by atoms with Crippen molar-refractivity contribution >= 4 is 35.0 Å². The molecular weight excluding hydrogens is 392 g/mol. The van der Waals surface area contributed by atoms with Gasteiger partial charge in [-0.25, -0.2) is 9.78 Å². The topological polar surface area (TPSA) is 68.3 Å². The van der Waals surface area contributed by atoms with Gasteiger partial charge in [-0.3, -0.25) is 4.79 Å². The summed E-state index contributed by atoms with van der Waals surface area (Å²) in [6.07, 6.45) is 4.27. The van der Waals surface area contributed by atoms with Crippen LogP contribution in [-0.2, 0) is 15.3 Å². The molecule has 1 heterocycles. The van der Waals surface area contributed by atoms with E-state index in [0.29, 0.717) is 5.56 Å². The van der Waals surface area contributed by atoms with E-state index in [2.05, 4.69) is 22.6 Å². The molecule has 0 saturated heterocycles. The number of carbonyl (C=O) groups is 2. The largest absolute Gasteiger partial charge is 0.452 e. The third kappa shape index (κ3) is 6.34. The molecule has 0 spiro atoms. The Labute approximate surface area is 174 Å². The van der Waals surface area contributed by atoms with Crippen LogP contribution in [0.2, 0.25) is 0 Å². The number of hydrogen-bond donors (Lipinski definition) is 1. The number of hydrogen-bond acceptors (Lipinski definition) is 6. The predicted molar refractivity (Wildman–Crippen MR) is 113 cm³/mol. The van der Waals surface area contributed by atoms with Crippen molar-refractivity contribution in [3.63, 3.8) is 0 Å². The summed E-state index contributed by atoms with van der Waals surface area (Å²) in [6.45, 7) is 4.00. The van der Waals surface area contributed by atoms with Gasteiger partial charge in [-0.05, 0) is 62.8 Å². The van der Waals surface area contributed by atoms with Crippen molar-refractivity contribution in [2.24, 2.45) is 5.92 Å². The van der Waals surface area contributed by atoms with Gasteiger partial charge in [0.2, 0.25) is 0 Å². The van der Waals surface area contributed by atoms with E-state index in [0.717, 1.165) is 53.0 Å². The zero-order valence-corrected chi connectivity index (χ0v) is 17.9. The van der Waals surface area contributed by atoms with E-state index in [1.54, 1.807) is 35.2 Å². The summed E-state index contributed by atoms with van der Waals surface area (Å²) >= 11 is 3.32. The molecule has 3 rings (SSSR count). The number of thiazole rings is 1. The highest BCUT2D eigenvalue weighted by Gasteiger charge is 2.20. The molecule has 0 bridgehead atoms. The molecule has 5 nitrogen and oxygen atoms in total. The van der Waals surface area contributed by atoms with Gasteiger partial charge in [0, 0.05) is 22.1 Å². The lowest BCUT2D eigenvalue weighted by Crippen LogP contribution is -2.39. The number of benzene rings is 1. The molecule has 0 atom stereocenters. The highest BCUT2D eigenvalue weighted by molar-refractivity contribution is 7.98. The molecule has 1 aliphatic rings. The standard InChI is InChI=1S/C21H26N2O3S2/c1-14-3-7-17(8-4-14)23-20(24)11-26-21(25)16-5-9-19(10-6-16)28-13-18-12-27-15(2)22-18/h5-6,9-10,12,14,17H,3-4,7-8,11,13H2,1-2H3,(H,23,24). The molecule has 7 heteroatoms. The predicted octanol–water partition coefficient (Wildman–Crippen LogP) is 4.60. The summed E-state index contributed by atoms with van der Waals surface area (Å²) in [5.74, 6) is 0.837. The molecule has 1 aromatic carbocycles. The van der Waals surface area contributed by atoms with Crippen LogP contribution in [0, 0.1) is 12.8 Å². The zero-order chi connectivity index (χ0) is 19.9. The molecule has 2 aromatic rings. The number of esters is 1. The van der Waals surface area contributed by atoms with E-state index >= 15 is 0 Å². The molecule has 1 aliphatic carbocycles. The van der Waals surface area contributed by atoms with Crippen LogP contribution in [0.25, 0.3) is 0 Å². The summed E-state index contributed by atoms with van der Waals surface area (Å²) in [5.41, 5.74) is 1.52. The first kappa shape index (κ1) is 20.9. The van der Waals surface area contributed by atoms with Crippen LogP contribution in [0.1, 0.15) is 53.7 Å². The SMILES string of the molecule is Cc1nc(CSc2ccc(C(=O)OCC(=O)NC3CCC(C)CC3)cc2)cs1. The number of carbonyl (C=O) groups excluding carboxylic acids is 2. The Morgan fingerprint density at radius 3 is 2.57 bits per heavy atom. The fourth-order valence-electron chi connectivity index (χ4n) is 3.21. The minimum atomic E-state index is -0.473.